The van der Waals surface area contributed by atoms with Crippen molar-refractivity contribution in [3.8, 4) is 5.75 Å². The summed E-state index contributed by atoms with van der Waals surface area (Å²) in [5.74, 6) is -10.7. The third-order valence-electron chi connectivity index (χ3n) is 17.8. The minimum Gasteiger partial charge on any atom is -0.508 e. The Morgan fingerprint density at radius 1 is 0.514 bits per heavy atom. The summed E-state index contributed by atoms with van der Waals surface area (Å²) in [6.07, 6.45) is 2.37. The number of benzene rings is 3. The number of nitrogens with zero attached hydrogens (tertiary/aromatic N) is 4. The molecule has 34 heteroatoms. The van der Waals surface area contributed by atoms with Gasteiger partial charge in [-0.25, -0.2) is 0 Å². The van der Waals surface area contributed by atoms with E-state index in [-0.39, 0.29) is 126 Å². The molecule has 28 N–H and O–H groups in total. The Kier molecular flexibility index (Phi) is 37.6. The van der Waals surface area contributed by atoms with Gasteiger partial charge in [-0.05, 0) is 131 Å². The third-order valence-corrected chi connectivity index (χ3v) is 17.8. The van der Waals surface area contributed by atoms with E-state index in [0.717, 1.165) is 0 Å². The molecule has 105 heavy (non-hydrogen) atoms. The first-order valence-electron chi connectivity index (χ1n) is 35.7. The molecule has 3 aromatic carbocycles. The number of hydrogen-bond acceptors (Lipinski definition) is 17. The van der Waals surface area contributed by atoms with Gasteiger partial charge in [0.25, 0.3) is 0 Å². The lowest BCUT2D eigenvalue weighted by Crippen LogP contribution is -2.61. The van der Waals surface area contributed by atoms with Gasteiger partial charge in [-0.3, -0.25) is 67.7 Å². The van der Waals surface area contributed by atoms with Crippen LogP contribution in [-0.2, 0) is 65.6 Å². The Morgan fingerprint density at radius 3 is 1.52 bits per heavy atom. The second-order valence-electron chi connectivity index (χ2n) is 26.7. The molecule has 1 heterocycles. The number of unbranched alkanes of at least 4 members (excludes halogenated alkanes) is 1. The summed E-state index contributed by atoms with van der Waals surface area (Å²) in [6.45, 7) is 8.73. The Bertz CT molecular complexity index is 3410. The Labute approximate surface area is 613 Å². The molecule has 0 radical (unpaired) electrons. The maximum absolute atomic E-state index is 15.0. The zero-order valence-corrected chi connectivity index (χ0v) is 60.9. The second-order valence-corrected chi connectivity index (χ2v) is 26.7. The van der Waals surface area contributed by atoms with Gasteiger partial charge in [0.2, 0.25) is 65.0 Å². The molecule has 12 atom stereocenters. The van der Waals surface area contributed by atoms with Gasteiger partial charge >= 0.3 is 0 Å². The minimum absolute atomic E-state index is 0.00113. The van der Waals surface area contributed by atoms with Gasteiger partial charge in [-0.15, -0.1) is 0 Å². The number of carbonyl (C=O) groups excluding carboxylic acids is 11. The quantitative estimate of drug-likeness (QED) is 0.0154. The predicted octanol–water partition coefficient (Wildman–Crippen LogP) is -2.84. The molecule has 0 aromatic heterocycles. The molecular weight excluding hydrogens is 1350 g/mol. The van der Waals surface area contributed by atoms with Crippen LogP contribution in [0.15, 0.2) is 99.9 Å². The maximum Gasteiger partial charge on any atom is 0.245 e. The fourth-order valence-electron chi connectivity index (χ4n) is 11.8. The van der Waals surface area contributed by atoms with Crippen molar-refractivity contribution in [1.29, 1.82) is 0 Å². The highest BCUT2D eigenvalue weighted by Gasteiger charge is 2.41. The Hall–Kier alpha value is -10.6. The largest absolute Gasteiger partial charge is 0.508 e. The molecule has 1 saturated heterocycles. The summed E-state index contributed by atoms with van der Waals surface area (Å²) < 4.78 is 0. The summed E-state index contributed by atoms with van der Waals surface area (Å²) >= 11 is 0. The first-order chi connectivity index (χ1) is 49.9. The average molecular weight is 1470 g/mol. The number of phenols is 1. The summed E-state index contributed by atoms with van der Waals surface area (Å²) in [4.78, 5) is 170. The maximum atomic E-state index is 15.0. The molecule has 0 bridgehead atoms. The van der Waals surface area contributed by atoms with Crippen molar-refractivity contribution in [2.45, 2.75) is 197 Å². The molecule has 4 rings (SSSR count). The third kappa shape index (κ3) is 31.1. The molecule has 0 saturated carbocycles. The van der Waals surface area contributed by atoms with Crippen molar-refractivity contribution < 1.29 is 57.8 Å². The number of guanidine groups is 3. The zero-order chi connectivity index (χ0) is 77.7. The number of primary amides is 1. The number of nitrogens with two attached hydrogens (primary N) is 9. The first kappa shape index (κ1) is 86.8. The van der Waals surface area contributed by atoms with Crippen LogP contribution in [0.3, 0.4) is 0 Å². The number of nitrogens with one attached hydrogen (secondary N) is 9. The lowest BCUT2D eigenvalue weighted by molar-refractivity contribution is -0.142. The van der Waals surface area contributed by atoms with Gasteiger partial charge in [0, 0.05) is 38.5 Å². The van der Waals surface area contributed by atoms with Gasteiger partial charge in [0.15, 0.2) is 17.9 Å². The minimum atomic E-state index is -1.46. The fourth-order valence-corrected chi connectivity index (χ4v) is 11.8. The molecule has 1 fully saturated rings. The number of carbonyl (C=O) groups is 11. The number of aliphatic imine (C=N–C) groups is 3. The monoisotopic (exact) mass is 1460 g/mol. The summed E-state index contributed by atoms with van der Waals surface area (Å²) in [5, 5.41) is 34.4. The summed E-state index contributed by atoms with van der Waals surface area (Å²) in [7, 11) is 0. The van der Waals surface area contributed by atoms with Crippen molar-refractivity contribution in [2.24, 2.45) is 78.4 Å². The van der Waals surface area contributed by atoms with Crippen LogP contribution in [-0.4, -0.2) is 193 Å². The highest BCUT2D eigenvalue weighted by atomic mass is 16.3. The van der Waals surface area contributed by atoms with Crippen LogP contribution in [0.4, 0.5) is 0 Å². The number of phenolic OH excluding ortho intramolecular Hbond substituents is 1. The van der Waals surface area contributed by atoms with E-state index < -0.39 is 144 Å². The molecule has 11 amide bonds. The molecule has 0 unspecified atom stereocenters. The van der Waals surface area contributed by atoms with Crippen LogP contribution < -0.4 is 99.5 Å². The van der Waals surface area contributed by atoms with Crippen molar-refractivity contribution in [1.82, 2.24) is 52.8 Å². The first-order valence-corrected chi connectivity index (χ1v) is 35.7. The van der Waals surface area contributed by atoms with E-state index in [9.17, 15) is 57.8 Å². The van der Waals surface area contributed by atoms with Crippen LogP contribution >= 0.6 is 0 Å². The van der Waals surface area contributed by atoms with E-state index in [1.54, 1.807) is 107 Å². The van der Waals surface area contributed by atoms with E-state index in [2.05, 4.69) is 62.8 Å². The SMILES string of the molecule is CC[C@H](C)[C@H](NC(=O)[C@H](CCCN=C(N)N)NC(=O)[C@H](CCCN=C(N)N)NC(=O)[C@H](CC(C)C)NC(=O)[C@H](Cc1ccccc1)NC(=O)[C@@H](NC(=O)CNC(=O)[C@@H](N)Cc1ccc(O)cc1)[C@@H](C)c1ccccc1)C(=O)N[C@@H](CCCN=C(N)N)C(=O)N1CCC[C@H]1C(=O)N[C@@H](CCCCN)C(N)=O. The van der Waals surface area contributed by atoms with Gasteiger partial charge < -0.3 is 109 Å². The number of amides is 11. The predicted molar refractivity (Wildman–Crippen MR) is 399 cm³/mol. The zero-order valence-electron chi connectivity index (χ0n) is 60.9. The van der Waals surface area contributed by atoms with Crippen molar-refractivity contribution in [3.63, 3.8) is 0 Å². The second kappa shape index (κ2) is 45.5. The molecule has 1 aliphatic rings. The molecule has 34 nitrogen and oxygen atoms in total. The van der Waals surface area contributed by atoms with Gasteiger partial charge in [0.05, 0.1) is 12.6 Å². The Balaban J connectivity index is 1.66. The molecular formula is C71H112N22O12. The Morgan fingerprint density at radius 2 is 0.990 bits per heavy atom. The van der Waals surface area contributed by atoms with E-state index in [1.165, 1.54) is 17.0 Å². The highest BCUT2D eigenvalue weighted by molar-refractivity contribution is 5.99. The van der Waals surface area contributed by atoms with Crippen molar-refractivity contribution >= 4 is 82.9 Å². The topological polar surface area (TPSA) is 591 Å². The van der Waals surface area contributed by atoms with Crippen molar-refractivity contribution in [3.05, 3.63) is 102 Å². The normalized spacial score (nSPS) is 15.7. The highest BCUT2D eigenvalue weighted by Crippen LogP contribution is 2.23. The lowest BCUT2D eigenvalue weighted by Gasteiger charge is -2.32. The van der Waals surface area contributed by atoms with E-state index >= 15 is 0 Å². The molecule has 3 aromatic rings. The average Bonchev–Trinajstić information content (AvgIpc) is 1.80. The number of likely N-dealkylation sites (tertiary alicyclic amines) is 1. The lowest BCUT2D eigenvalue weighted by atomic mass is 9.92. The van der Waals surface area contributed by atoms with Gasteiger partial charge in [0.1, 0.15) is 60.1 Å². The summed E-state index contributed by atoms with van der Waals surface area (Å²) in [5.41, 5.74) is 53.2. The molecule has 578 valence electrons. The van der Waals surface area contributed by atoms with Crippen LogP contribution in [0.2, 0.25) is 0 Å². The molecule has 0 spiro atoms. The standard InChI is InChI=1S/C71H112N22O12/c1-6-42(4)57(66(103)88-52(26-17-35-83-71(79)80)68(105)93-36-18-27-55(93)65(102)85-49(59(74)96)23-13-14-32-72)92-62(99)51(25-16-34-82-70(77)78)86-61(98)50(24-15-33-81-69(75)76)87-63(100)53(37-41(2)3)89-64(101)54(39-44-19-9-7-10-20-44)90-67(104)58(43(5)46-21-11-8-12-22-46)91-56(95)40-84-60(97)48(73)38-45-28-30-47(94)31-29-45/h7-12,19-22,28-31,41-43,48-55,57-58,94H,6,13-18,23-27,32-40,72-73H2,1-5H3,(H2,74,96)(H,84,97)(H,85,102)(H,86,98)(H,87,100)(H,88,103)(H,89,101)(H,90,104)(H,91,95)(H,92,99)(H4,75,76,81)(H4,77,78,82)(H4,79,80,83)/t42-,43-,48-,49-,50-,51-,52-,53-,54-,55-,57-,58-/m0/s1. The number of hydrogen-bond donors (Lipinski definition) is 19. The van der Waals surface area contributed by atoms with Crippen LogP contribution in [0.5, 0.6) is 5.75 Å². The van der Waals surface area contributed by atoms with Gasteiger partial charge in [-0.2, -0.15) is 0 Å². The van der Waals surface area contributed by atoms with Crippen LogP contribution in [0.1, 0.15) is 141 Å². The number of rotatable bonds is 46. The van der Waals surface area contributed by atoms with Crippen LogP contribution in [0, 0.1) is 11.8 Å². The fraction of sp³-hybridized carbons (Fsp3) is 0.549. The van der Waals surface area contributed by atoms with Gasteiger partial charge in [-0.1, -0.05) is 114 Å². The van der Waals surface area contributed by atoms with E-state index in [1.807, 2.05) is 0 Å². The number of aromatic hydroxyl groups is 1. The van der Waals surface area contributed by atoms with E-state index in [4.69, 9.17) is 51.6 Å². The molecule has 1 aliphatic heterocycles. The summed E-state index contributed by atoms with van der Waals surface area (Å²) in [6, 6.07) is 10.8. The molecule has 0 aliphatic carbocycles. The van der Waals surface area contributed by atoms with Crippen molar-refractivity contribution in [2.75, 3.05) is 39.3 Å². The van der Waals surface area contributed by atoms with Crippen LogP contribution in [0.25, 0.3) is 0 Å². The van der Waals surface area contributed by atoms with E-state index in [0.29, 0.717) is 48.9 Å². The smallest absolute Gasteiger partial charge is 0.245 e.